The summed E-state index contributed by atoms with van der Waals surface area (Å²) in [6, 6.07) is 28.5. The van der Waals surface area contributed by atoms with Crippen molar-refractivity contribution in [3.8, 4) is 0 Å². The minimum Gasteiger partial charge on any atom is -0.456 e. The molecular formula is C43H37NO. The lowest BCUT2D eigenvalue weighted by Crippen LogP contribution is -2.14. The van der Waals surface area contributed by atoms with Crippen LogP contribution in [0.4, 0.5) is 0 Å². The Hall–Kier alpha value is -5.34. The number of allylic oxidation sites excluding steroid dienone is 11. The van der Waals surface area contributed by atoms with Crippen molar-refractivity contribution in [2.75, 3.05) is 14.1 Å². The van der Waals surface area contributed by atoms with E-state index in [1.165, 1.54) is 49.0 Å². The Labute approximate surface area is 264 Å². The van der Waals surface area contributed by atoms with Gasteiger partial charge in [0.05, 0.1) is 0 Å². The van der Waals surface area contributed by atoms with Crippen molar-refractivity contribution in [3.63, 3.8) is 0 Å². The van der Waals surface area contributed by atoms with Crippen molar-refractivity contribution < 1.29 is 4.42 Å². The summed E-state index contributed by atoms with van der Waals surface area (Å²) in [5.74, 6) is -0.0494. The molecule has 2 nitrogen and oxygen atoms in total. The van der Waals surface area contributed by atoms with E-state index in [9.17, 15) is 0 Å². The van der Waals surface area contributed by atoms with Crippen molar-refractivity contribution in [2.24, 2.45) is 0 Å². The van der Waals surface area contributed by atoms with Crippen LogP contribution in [0.15, 0.2) is 167 Å². The molecular weight excluding hydrogens is 546 g/mol. The summed E-state index contributed by atoms with van der Waals surface area (Å²) in [6.45, 7) is 6.14. The number of furan rings is 1. The second kappa shape index (κ2) is 12.0. The molecule has 0 saturated carbocycles. The zero-order valence-electron chi connectivity index (χ0n) is 26.1. The predicted octanol–water partition coefficient (Wildman–Crippen LogP) is 11.7. The fourth-order valence-corrected chi connectivity index (χ4v) is 6.88. The molecule has 0 saturated heterocycles. The van der Waals surface area contributed by atoms with Gasteiger partial charge < -0.3 is 9.32 Å². The SMILES string of the molecule is C=C/C=C(\C=C/C)C(/C=C(/C1=CC=CCC=C1)N(C)C)c1cccc2oc3cc4c5ccccc5c5ccccc5c4cc3c12. The topological polar surface area (TPSA) is 16.4 Å². The van der Waals surface area contributed by atoms with Crippen LogP contribution in [0.25, 0.3) is 54.3 Å². The molecule has 5 aromatic carbocycles. The van der Waals surface area contributed by atoms with Crippen LogP contribution in [0.3, 0.4) is 0 Å². The minimum absolute atomic E-state index is 0.0494. The number of hydrogen-bond acceptors (Lipinski definition) is 2. The van der Waals surface area contributed by atoms with Gasteiger partial charge in [0.2, 0.25) is 0 Å². The van der Waals surface area contributed by atoms with Gasteiger partial charge in [0.1, 0.15) is 11.2 Å². The Bertz CT molecular complexity index is 2300. The van der Waals surface area contributed by atoms with Gasteiger partial charge in [0.15, 0.2) is 0 Å². The third-order valence-corrected chi connectivity index (χ3v) is 8.84. The van der Waals surface area contributed by atoms with Crippen LogP contribution in [0.5, 0.6) is 0 Å². The number of fused-ring (bicyclic) bond motifs is 9. The summed E-state index contributed by atoms with van der Waals surface area (Å²) >= 11 is 0. The molecule has 1 unspecified atom stereocenters. The van der Waals surface area contributed by atoms with Gasteiger partial charge >= 0.3 is 0 Å². The first-order valence-corrected chi connectivity index (χ1v) is 15.7. The van der Waals surface area contributed by atoms with Crippen molar-refractivity contribution in [3.05, 3.63) is 169 Å². The largest absolute Gasteiger partial charge is 0.456 e. The van der Waals surface area contributed by atoms with E-state index in [1.54, 1.807) is 0 Å². The first kappa shape index (κ1) is 28.4. The van der Waals surface area contributed by atoms with Gasteiger partial charge in [-0.3, -0.25) is 0 Å². The lowest BCUT2D eigenvalue weighted by atomic mass is 9.85. The van der Waals surface area contributed by atoms with Crippen LogP contribution < -0.4 is 0 Å². The second-order valence-corrected chi connectivity index (χ2v) is 11.8. The lowest BCUT2D eigenvalue weighted by Gasteiger charge is -2.24. The quantitative estimate of drug-likeness (QED) is 0.137. The fraction of sp³-hybridized carbons (Fsp3) is 0.116. The predicted molar refractivity (Wildman–Crippen MR) is 195 cm³/mol. The van der Waals surface area contributed by atoms with Crippen LogP contribution in [-0.2, 0) is 0 Å². The van der Waals surface area contributed by atoms with Gasteiger partial charge in [-0.25, -0.2) is 0 Å². The van der Waals surface area contributed by atoms with Crippen LogP contribution in [0, 0.1) is 0 Å². The van der Waals surface area contributed by atoms with Crippen LogP contribution in [0.2, 0.25) is 0 Å². The van der Waals surface area contributed by atoms with E-state index in [0.29, 0.717) is 0 Å². The average Bonchev–Trinajstić information content (AvgIpc) is 3.21. The maximum absolute atomic E-state index is 6.68. The van der Waals surface area contributed by atoms with E-state index in [0.717, 1.165) is 34.1 Å². The molecule has 6 aromatic rings. The molecule has 0 N–H and O–H groups in total. The summed E-state index contributed by atoms with van der Waals surface area (Å²) in [6.07, 6.45) is 22.6. The van der Waals surface area contributed by atoms with Crippen LogP contribution >= 0.6 is 0 Å². The highest BCUT2D eigenvalue weighted by molar-refractivity contribution is 6.28. The van der Waals surface area contributed by atoms with E-state index in [2.05, 4.69) is 166 Å². The average molecular weight is 584 g/mol. The highest BCUT2D eigenvalue weighted by atomic mass is 16.3. The summed E-state index contributed by atoms with van der Waals surface area (Å²) in [4.78, 5) is 2.21. The molecule has 7 rings (SSSR count). The summed E-state index contributed by atoms with van der Waals surface area (Å²) < 4.78 is 6.68. The van der Waals surface area contributed by atoms with Crippen LogP contribution in [0.1, 0.15) is 24.8 Å². The highest BCUT2D eigenvalue weighted by Gasteiger charge is 2.22. The van der Waals surface area contributed by atoms with Crippen molar-refractivity contribution in [1.82, 2.24) is 4.90 Å². The molecule has 1 atom stereocenters. The molecule has 2 heteroatoms. The molecule has 45 heavy (non-hydrogen) atoms. The molecule has 1 heterocycles. The molecule has 0 fully saturated rings. The van der Waals surface area contributed by atoms with E-state index in [1.807, 2.05) is 6.08 Å². The van der Waals surface area contributed by atoms with E-state index in [4.69, 9.17) is 4.42 Å². The third kappa shape index (κ3) is 5.03. The molecule has 1 aliphatic carbocycles. The van der Waals surface area contributed by atoms with Gasteiger partial charge in [-0.1, -0.05) is 122 Å². The molecule has 0 bridgehead atoms. The van der Waals surface area contributed by atoms with Gasteiger partial charge in [0, 0.05) is 36.5 Å². The maximum atomic E-state index is 6.68. The first-order chi connectivity index (χ1) is 22.1. The maximum Gasteiger partial charge on any atom is 0.136 e. The summed E-state index contributed by atoms with van der Waals surface area (Å²) in [5, 5.41) is 9.77. The smallest absolute Gasteiger partial charge is 0.136 e. The third-order valence-electron chi connectivity index (χ3n) is 8.84. The lowest BCUT2D eigenvalue weighted by molar-refractivity contribution is 0.520. The van der Waals surface area contributed by atoms with Gasteiger partial charge in [0.25, 0.3) is 0 Å². The van der Waals surface area contributed by atoms with Crippen LogP contribution in [-0.4, -0.2) is 19.0 Å². The van der Waals surface area contributed by atoms with Gasteiger partial charge in [-0.2, -0.15) is 0 Å². The summed E-state index contributed by atoms with van der Waals surface area (Å²) in [5.41, 5.74) is 6.52. The Balaban J connectivity index is 1.57. The van der Waals surface area contributed by atoms with E-state index < -0.39 is 0 Å². The molecule has 220 valence electrons. The normalized spacial score (nSPS) is 15.0. The molecule has 0 radical (unpaired) electrons. The molecule has 0 aliphatic heterocycles. The Morgan fingerprint density at radius 1 is 0.800 bits per heavy atom. The standard InChI is InChI=1S/C43H37NO/c1-5-16-29(17-6-2)36(27-40(44(3)4)30-18-9-7-8-10-19-30)35-24-15-25-41-43(35)39-26-37-33-22-13-11-20-31(33)32-21-12-14-23-34(32)38(37)28-42(39)45-41/h5-7,9-28,36H,1,8H2,2-4H3/b17-6-,29-16+,40-27-. The molecule has 0 amide bonds. The van der Waals surface area contributed by atoms with Crippen molar-refractivity contribution in [2.45, 2.75) is 19.3 Å². The second-order valence-electron chi connectivity index (χ2n) is 11.8. The van der Waals surface area contributed by atoms with Crippen molar-refractivity contribution in [1.29, 1.82) is 0 Å². The highest BCUT2D eigenvalue weighted by Crippen LogP contribution is 2.43. The molecule has 1 aliphatic rings. The summed E-state index contributed by atoms with van der Waals surface area (Å²) in [7, 11) is 4.24. The first-order valence-electron chi connectivity index (χ1n) is 15.7. The Morgan fingerprint density at radius 3 is 2.16 bits per heavy atom. The number of nitrogens with zero attached hydrogens (tertiary/aromatic N) is 1. The zero-order chi connectivity index (χ0) is 30.9. The van der Waals surface area contributed by atoms with Gasteiger partial charge in [-0.15, -0.1) is 0 Å². The zero-order valence-corrected chi connectivity index (χ0v) is 26.1. The molecule has 0 spiro atoms. The monoisotopic (exact) mass is 583 g/mol. The van der Waals surface area contributed by atoms with E-state index in [-0.39, 0.29) is 5.92 Å². The Morgan fingerprint density at radius 2 is 1.49 bits per heavy atom. The minimum atomic E-state index is -0.0494. The van der Waals surface area contributed by atoms with Gasteiger partial charge in [-0.05, 0) is 86.6 Å². The van der Waals surface area contributed by atoms with E-state index >= 15 is 0 Å². The van der Waals surface area contributed by atoms with Crippen molar-refractivity contribution >= 4 is 54.3 Å². The Kier molecular flexibility index (Phi) is 7.57. The number of hydrogen-bond donors (Lipinski definition) is 0. The number of rotatable bonds is 7. The fourth-order valence-electron chi connectivity index (χ4n) is 6.88. The number of benzene rings is 5. The number of likely N-dealkylation sites (N-methyl/N-ethyl adjacent to an activating group) is 1. The molecule has 1 aromatic heterocycles.